The molecular weight excluding hydrogens is 268 g/mol. The van der Waals surface area contributed by atoms with Crippen LogP contribution in [-0.4, -0.2) is 58.7 Å². The fourth-order valence-corrected chi connectivity index (χ4v) is 2.24. The fraction of sp³-hybridized carbons (Fsp3) is 0.786. The minimum Gasteiger partial charge on any atom is -0.461 e. The Morgan fingerprint density at radius 2 is 2.05 bits per heavy atom. The summed E-state index contributed by atoms with van der Waals surface area (Å²) in [5.74, 6) is 1.15. The van der Waals surface area contributed by atoms with Gasteiger partial charge in [0.1, 0.15) is 0 Å². The molecule has 1 aromatic heterocycles. The lowest BCUT2D eigenvalue weighted by Gasteiger charge is -2.15. The van der Waals surface area contributed by atoms with Gasteiger partial charge in [-0.2, -0.15) is 15.0 Å². The highest BCUT2D eigenvalue weighted by Crippen LogP contribution is 2.16. The topological polar surface area (TPSA) is 75.2 Å². The zero-order valence-electron chi connectivity index (χ0n) is 13.4. The Labute approximate surface area is 126 Å². The second kappa shape index (κ2) is 7.40. The van der Waals surface area contributed by atoms with Crippen molar-refractivity contribution in [3.63, 3.8) is 0 Å². The zero-order chi connectivity index (χ0) is 15.2. The number of aromatic nitrogens is 3. The molecule has 0 aliphatic carbocycles. The number of nitrogens with one attached hydrogen (secondary N) is 2. The molecule has 7 heteroatoms. The van der Waals surface area contributed by atoms with Crippen LogP contribution in [0.15, 0.2) is 0 Å². The number of hydrogen-bond donors (Lipinski definition) is 2. The van der Waals surface area contributed by atoms with Gasteiger partial charge in [-0.05, 0) is 40.3 Å². The number of nitrogens with zero attached hydrogens (tertiary/aromatic N) is 4. The SMILES string of the molecule is CCCNc1nc(NC2CCN(C)C2)nc(OC(C)C)n1. The van der Waals surface area contributed by atoms with Gasteiger partial charge in [0.2, 0.25) is 11.9 Å². The van der Waals surface area contributed by atoms with Crippen LogP contribution in [0.25, 0.3) is 0 Å². The van der Waals surface area contributed by atoms with Gasteiger partial charge in [0.25, 0.3) is 0 Å². The summed E-state index contributed by atoms with van der Waals surface area (Å²) in [5, 5.41) is 6.57. The van der Waals surface area contributed by atoms with E-state index >= 15 is 0 Å². The molecule has 2 rings (SSSR count). The molecule has 118 valence electrons. The summed E-state index contributed by atoms with van der Waals surface area (Å²) in [6.45, 7) is 8.96. The Morgan fingerprint density at radius 1 is 1.29 bits per heavy atom. The molecule has 7 nitrogen and oxygen atoms in total. The molecule has 1 unspecified atom stereocenters. The first kappa shape index (κ1) is 15.8. The van der Waals surface area contributed by atoms with Crippen molar-refractivity contribution in [2.75, 3.05) is 37.3 Å². The summed E-state index contributed by atoms with van der Waals surface area (Å²) in [7, 11) is 2.12. The standard InChI is InChI=1S/C14H26N6O/c1-5-7-15-12-17-13(16-11-6-8-20(4)9-11)19-14(18-12)21-10(2)3/h10-11H,5-9H2,1-4H3,(H2,15,16,17,18,19). The average Bonchev–Trinajstić information content (AvgIpc) is 2.80. The normalized spacial score (nSPS) is 19.0. The first-order valence-electron chi connectivity index (χ1n) is 7.68. The minimum absolute atomic E-state index is 0.0388. The van der Waals surface area contributed by atoms with Crippen LogP contribution in [0.2, 0.25) is 0 Å². The summed E-state index contributed by atoms with van der Waals surface area (Å²) < 4.78 is 5.61. The maximum absolute atomic E-state index is 5.61. The van der Waals surface area contributed by atoms with Gasteiger partial charge in [0.05, 0.1) is 6.10 Å². The van der Waals surface area contributed by atoms with Crippen molar-refractivity contribution < 1.29 is 4.74 Å². The van der Waals surface area contributed by atoms with Crippen LogP contribution in [0.4, 0.5) is 11.9 Å². The van der Waals surface area contributed by atoms with Crippen LogP contribution in [0.3, 0.4) is 0 Å². The average molecular weight is 294 g/mol. The Morgan fingerprint density at radius 3 is 2.67 bits per heavy atom. The summed E-state index contributed by atoms with van der Waals surface area (Å²) in [4.78, 5) is 15.4. The zero-order valence-corrected chi connectivity index (χ0v) is 13.4. The third-order valence-electron chi connectivity index (χ3n) is 3.21. The molecule has 1 aliphatic heterocycles. The van der Waals surface area contributed by atoms with Crippen molar-refractivity contribution in [3.8, 4) is 6.01 Å². The molecule has 1 atom stereocenters. The quantitative estimate of drug-likeness (QED) is 0.791. The lowest BCUT2D eigenvalue weighted by atomic mass is 10.3. The van der Waals surface area contributed by atoms with Crippen molar-refractivity contribution in [2.24, 2.45) is 0 Å². The van der Waals surface area contributed by atoms with Crippen molar-refractivity contribution >= 4 is 11.9 Å². The molecule has 0 radical (unpaired) electrons. The van der Waals surface area contributed by atoms with E-state index in [0.717, 1.165) is 32.5 Å². The summed E-state index contributed by atoms with van der Waals surface area (Å²) >= 11 is 0. The van der Waals surface area contributed by atoms with Crippen LogP contribution in [-0.2, 0) is 0 Å². The van der Waals surface area contributed by atoms with Gasteiger partial charge >= 0.3 is 6.01 Å². The Hall–Kier alpha value is -1.63. The van der Waals surface area contributed by atoms with Crippen LogP contribution >= 0.6 is 0 Å². The van der Waals surface area contributed by atoms with E-state index in [-0.39, 0.29) is 6.10 Å². The molecule has 2 N–H and O–H groups in total. The first-order chi connectivity index (χ1) is 10.1. The summed E-state index contributed by atoms with van der Waals surface area (Å²) in [6.07, 6.45) is 2.15. The first-order valence-corrected chi connectivity index (χ1v) is 7.68. The van der Waals surface area contributed by atoms with Crippen LogP contribution < -0.4 is 15.4 Å². The molecule has 21 heavy (non-hydrogen) atoms. The maximum atomic E-state index is 5.61. The third-order valence-corrected chi connectivity index (χ3v) is 3.21. The highest BCUT2D eigenvalue weighted by atomic mass is 16.5. The van der Waals surface area contributed by atoms with E-state index in [1.54, 1.807) is 0 Å². The molecule has 2 heterocycles. The van der Waals surface area contributed by atoms with Gasteiger partial charge in [-0.1, -0.05) is 6.92 Å². The molecule has 0 amide bonds. The number of anilines is 2. The van der Waals surface area contributed by atoms with Crippen molar-refractivity contribution in [2.45, 2.75) is 45.8 Å². The van der Waals surface area contributed by atoms with E-state index in [4.69, 9.17) is 4.74 Å². The van der Waals surface area contributed by atoms with E-state index in [0.29, 0.717) is 23.9 Å². The third kappa shape index (κ3) is 5.00. The summed E-state index contributed by atoms with van der Waals surface area (Å²) in [5.41, 5.74) is 0. The lowest BCUT2D eigenvalue weighted by Crippen LogP contribution is -2.25. The second-order valence-corrected chi connectivity index (χ2v) is 5.75. The number of likely N-dealkylation sites (tertiary alicyclic amines) is 1. The largest absolute Gasteiger partial charge is 0.461 e. The van der Waals surface area contributed by atoms with Gasteiger partial charge in [0, 0.05) is 19.1 Å². The molecular formula is C14H26N6O. The van der Waals surface area contributed by atoms with Crippen LogP contribution in [0, 0.1) is 0 Å². The Bertz CT molecular complexity index is 453. The van der Waals surface area contributed by atoms with Gasteiger partial charge < -0.3 is 20.3 Å². The van der Waals surface area contributed by atoms with Gasteiger partial charge in [0.15, 0.2) is 0 Å². The van der Waals surface area contributed by atoms with Crippen LogP contribution in [0.1, 0.15) is 33.6 Å². The molecule has 0 bridgehead atoms. The maximum Gasteiger partial charge on any atom is 0.323 e. The monoisotopic (exact) mass is 294 g/mol. The molecule has 1 aromatic rings. The van der Waals surface area contributed by atoms with Crippen molar-refractivity contribution in [1.82, 2.24) is 19.9 Å². The van der Waals surface area contributed by atoms with E-state index in [2.05, 4.69) is 44.5 Å². The predicted molar refractivity (Wildman–Crippen MR) is 83.9 cm³/mol. The molecule has 1 fully saturated rings. The smallest absolute Gasteiger partial charge is 0.323 e. The van der Waals surface area contributed by atoms with Crippen LogP contribution in [0.5, 0.6) is 6.01 Å². The lowest BCUT2D eigenvalue weighted by molar-refractivity contribution is 0.222. The number of likely N-dealkylation sites (N-methyl/N-ethyl adjacent to an activating group) is 1. The van der Waals surface area contributed by atoms with Crippen molar-refractivity contribution in [1.29, 1.82) is 0 Å². The highest BCUT2D eigenvalue weighted by Gasteiger charge is 2.20. The minimum atomic E-state index is 0.0388. The Kier molecular flexibility index (Phi) is 5.55. The highest BCUT2D eigenvalue weighted by molar-refractivity contribution is 5.36. The number of ether oxygens (including phenoxy) is 1. The predicted octanol–water partition coefficient (Wildman–Crippen LogP) is 1.60. The number of rotatable bonds is 7. The molecule has 0 aromatic carbocycles. The molecule has 0 spiro atoms. The second-order valence-electron chi connectivity index (χ2n) is 5.75. The molecule has 0 saturated carbocycles. The van der Waals surface area contributed by atoms with Gasteiger partial charge in [-0.3, -0.25) is 0 Å². The van der Waals surface area contributed by atoms with E-state index < -0.39 is 0 Å². The fourth-order valence-electron chi connectivity index (χ4n) is 2.24. The van der Waals surface area contributed by atoms with Gasteiger partial charge in [-0.25, -0.2) is 0 Å². The van der Waals surface area contributed by atoms with Crippen molar-refractivity contribution in [3.05, 3.63) is 0 Å². The van der Waals surface area contributed by atoms with Gasteiger partial charge in [-0.15, -0.1) is 0 Å². The van der Waals surface area contributed by atoms with E-state index in [1.807, 2.05) is 13.8 Å². The molecule has 1 aliphatic rings. The van der Waals surface area contributed by atoms with E-state index in [1.165, 1.54) is 0 Å². The summed E-state index contributed by atoms with van der Waals surface area (Å²) in [6, 6.07) is 0.746. The Balaban J connectivity index is 2.09. The molecule has 1 saturated heterocycles. The van der Waals surface area contributed by atoms with E-state index in [9.17, 15) is 0 Å². The number of hydrogen-bond acceptors (Lipinski definition) is 7.